The summed E-state index contributed by atoms with van der Waals surface area (Å²) < 4.78 is 32.0. The fourth-order valence-corrected chi connectivity index (χ4v) is 3.72. The molecule has 1 aliphatic heterocycles. The Kier molecular flexibility index (Phi) is 22.6. The Hall–Kier alpha value is -1.58. The third-order valence-electron chi connectivity index (χ3n) is 6.41. The van der Waals surface area contributed by atoms with Crippen LogP contribution in [-0.2, 0) is 38.1 Å². The normalized spacial score (nSPS) is 25.1. The highest BCUT2D eigenvalue weighted by Crippen LogP contribution is 2.24. The number of unbranched alkanes of at least 4 members (excludes halogenated alkanes) is 1. The molecule has 1 fully saturated rings. The van der Waals surface area contributed by atoms with Crippen molar-refractivity contribution in [3.8, 4) is 0 Å². The summed E-state index contributed by atoms with van der Waals surface area (Å²) in [6.45, 7) is 6.55. The van der Waals surface area contributed by atoms with Gasteiger partial charge < -0.3 is 74.3 Å². The van der Waals surface area contributed by atoms with Crippen LogP contribution in [0, 0.1) is 0 Å². The molecule has 0 bridgehead atoms. The Balaban J connectivity index is 2.10. The number of amides is 1. The fourth-order valence-electron chi connectivity index (χ4n) is 3.72. The van der Waals surface area contributed by atoms with E-state index in [4.69, 9.17) is 33.3 Å². The molecule has 17 nitrogen and oxygen atoms in total. The predicted molar refractivity (Wildman–Crippen MR) is 153 cm³/mol. The number of carbonyl (C=O) groups excluding carboxylic acids is 1. The highest BCUT2D eigenvalue weighted by atomic mass is 16.7. The van der Waals surface area contributed by atoms with Crippen LogP contribution in [0.5, 0.6) is 0 Å². The zero-order chi connectivity index (χ0) is 32.7. The highest BCUT2D eigenvalue weighted by molar-refractivity contribution is 5.77. The lowest BCUT2D eigenvalue weighted by atomic mass is 9.97. The van der Waals surface area contributed by atoms with Crippen LogP contribution in [0.15, 0.2) is 5.16 Å². The topological polar surface area (TPSA) is 248 Å². The molecule has 0 aromatic heterocycles. The number of nitrogens with one attached hydrogen (secondary N) is 1. The van der Waals surface area contributed by atoms with Gasteiger partial charge in [0.25, 0.3) is 5.91 Å². The molecule has 260 valence electrons. The molecular formula is C27H52N2O15. The molecule has 0 aromatic rings. The number of rotatable bonds is 26. The van der Waals surface area contributed by atoms with Gasteiger partial charge in [0.05, 0.1) is 65.2 Å². The van der Waals surface area contributed by atoms with Crippen LogP contribution >= 0.6 is 0 Å². The van der Waals surface area contributed by atoms with Gasteiger partial charge in [-0.05, 0) is 12.8 Å². The van der Waals surface area contributed by atoms with Gasteiger partial charge in [0.2, 0.25) is 0 Å². The number of aliphatic hydroxyl groups excluding tert-OH is 7. The molecular weight excluding hydrogens is 592 g/mol. The standard InChI is InChI=1S/C27H52N2O15/c1-3-5-7-38-9-11-40-13-14-41-12-10-39-8-6-28-21(32)17-43-29-15-18(30)22(33)23(34)19(31)16-42-27-26(37)25(36)24(35)20(4-2)44-27/h15,18-20,22-27,30-31,33-37H,3-14,16-17H2,1-2H3,(H,28,32)/b29-15+/t18?,19?,20?,22-,23+,24+,25+,26?,27-/m0/s1. The first-order valence-corrected chi connectivity index (χ1v) is 14.9. The van der Waals surface area contributed by atoms with Crippen LogP contribution in [-0.4, -0.2) is 176 Å². The van der Waals surface area contributed by atoms with Crippen molar-refractivity contribution in [3.05, 3.63) is 0 Å². The van der Waals surface area contributed by atoms with Gasteiger partial charge in [-0.3, -0.25) is 4.79 Å². The Morgan fingerprint density at radius 3 is 2.02 bits per heavy atom. The Morgan fingerprint density at radius 2 is 1.43 bits per heavy atom. The SMILES string of the molecule is CCCCOCCOCCOCCOCCNC(=O)CO/N=C/C(O)[C@H](O)[C@H](O)C(O)CO[C@H]1OC(CC)[C@@H](O)[C@@H](O)C1O. The maximum Gasteiger partial charge on any atom is 0.260 e. The smallest absolute Gasteiger partial charge is 0.260 e. The van der Waals surface area contributed by atoms with E-state index in [1.807, 2.05) is 0 Å². The Labute approximate surface area is 257 Å². The minimum Gasteiger partial charge on any atom is -0.388 e. The van der Waals surface area contributed by atoms with E-state index in [0.717, 1.165) is 25.7 Å². The van der Waals surface area contributed by atoms with Gasteiger partial charge in [-0.2, -0.15) is 0 Å². The van der Waals surface area contributed by atoms with E-state index in [1.165, 1.54) is 0 Å². The van der Waals surface area contributed by atoms with Crippen LogP contribution in [0.3, 0.4) is 0 Å². The summed E-state index contributed by atoms with van der Waals surface area (Å²) in [5.74, 6) is -0.518. The maximum absolute atomic E-state index is 11.8. The summed E-state index contributed by atoms with van der Waals surface area (Å²) in [4.78, 5) is 16.5. The first kappa shape index (κ1) is 40.4. The number of oxime groups is 1. The summed E-state index contributed by atoms with van der Waals surface area (Å²) >= 11 is 0. The molecule has 4 unspecified atom stereocenters. The molecule has 0 radical (unpaired) electrons. The summed E-state index contributed by atoms with van der Waals surface area (Å²) in [7, 11) is 0. The first-order valence-electron chi connectivity index (χ1n) is 14.9. The third-order valence-corrected chi connectivity index (χ3v) is 6.41. The molecule has 44 heavy (non-hydrogen) atoms. The van der Waals surface area contributed by atoms with Gasteiger partial charge in [0, 0.05) is 13.2 Å². The van der Waals surface area contributed by atoms with Crippen molar-refractivity contribution in [2.75, 3.05) is 72.6 Å². The fraction of sp³-hybridized carbons (Fsp3) is 0.926. The Morgan fingerprint density at radius 1 is 0.841 bits per heavy atom. The van der Waals surface area contributed by atoms with E-state index in [1.54, 1.807) is 6.92 Å². The van der Waals surface area contributed by atoms with E-state index in [9.17, 15) is 40.5 Å². The first-order chi connectivity index (χ1) is 21.1. The average molecular weight is 645 g/mol. The molecule has 0 aliphatic carbocycles. The van der Waals surface area contributed by atoms with Crippen molar-refractivity contribution in [2.45, 2.75) is 88.2 Å². The highest BCUT2D eigenvalue weighted by Gasteiger charge is 2.44. The lowest BCUT2D eigenvalue weighted by Crippen LogP contribution is -2.58. The van der Waals surface area contributed by atoms with Crippen LogP contribution in [0.25, 0.3) is 0 Å². The van der Waals surface area contributed by atoms with Crippen LogP contribution in [0.2, 0.25) is 0 Å². The maximum atomic E-state index is 11.8. The second kappa shape index (κ2) is 24.6. The van der Waals surface area contributed by atoms with Gasteiger partial charge in [0.1, 0.15) is 42.7 Å². The summed E-state index contributed by atoms with van der Waals surface area (Å²) in [5.41, 5.74) is 0. The van der Waals surface area contributed by atoms with E-state index < -0.39 is 74.2 Å². The van der Waals surface area contributed by atoms with Gasteiger partial charge in [-0.15, -0.1) is 0 Å². The van der Waals surface area contributed by atoms with Crippen molar-refractivity contribution < 1.29 is 73.8 Å². The summed E-state index contributed by atoms with van der Waals surface area (Å²) in [6, 6.07) is 0. The zero-order valence-electron chi connectivity index (χ0n) is 25.5. The minimum atomic E-state index is -1.92. The van der Waals surface area contributed by atoms with E-state index in [-0.39, 0.29) is 13.2 Å². The number of nitrogens with zero attached hydrogens (tertiary/aromatic N) is 1. The van der Waals surface area contributed by atoms with Gasteiger partial charge >= 0.3 is 0 Å². The van der Waals surface area contributed by atoms with Crippen LogP contribution < -0.4 is 5.32 Å². The molecule has 9 atom stereocenters. The molecule has 1 saturated heterocycles. The number of aliphatic hydroxyl groups is 7. The lowest BCUT2D eigenvalue weighted by Gasteiger charge is -2.40. The van der Waals surface area contributed by atoms with Crippen molar-refractivity contribution in [1.29, 1.82) is 0 Å². The molecule has 0 spiro atoms. The molecule has 1 heterocycles. The Bertz CT molecular complexity index is 750. The quantitative estimate of drug-likeness (QED) is 0.0260. The van der Waals surface area contributed by atoms with Gasteiger partial charge in [-0.25, -0.2) is 0 Å². The molecule has 1 amide bonds. The van der Waals surface area contributed by atoms with Crippen molar-refractivity contribution in [1.82, 2.24) is 5.32 Å². The number of hydrogen-bond donors (Lipinski definition) is 8. The summed E-state index contributed by atoms with van der Waals surface area (Å²) in [6.07, 6.45) is -10.9. The second-order valence-electron chi connectivity index (χ2n) is 9.98. The molecule has 1 rings (SSSR count). The molecule has 0 saturated carbocycles. The number of ether oxygens (including phenoxy) is 6. The van der Waals surface area contributed by atoms with Gasteiger partial charge in [-0.1, -0.05) is 25.4 Å². The summed E-state index contributed by atoms with van der Waals surface area (Å²) in [5, 5.41) is 76.0. The second-order valence-corrected chi connectivity index (χ2v) is 9.98. The monoisotopic (exact) mass is 644 g/mol. The molecule has 1 aliphatic rings. The lowest BCUT2D eigenvalue weighted by molar-refractivity contribution is -0.302. The number of hydrogen-bond acceptors (Lipinski definition) is 16. The third kappa shape index (κ3) is 16.6. The van der Waals surface area contributed by atoms with Crippen molar-refractivity contribution in [2.24, 2.45) is 5.16 Å². The van der Waals surface area contributed by atoms with Crippen LogP contribution in [0.4, 0.5) is 0 Å². The predicted octanol–water partition coefficient (Wildman–Crippen LogP) is -3.35. The van der Waals surface area contributed by atoms with E-state index in [0.29, 0.717) is 46.1 Å². The van der Waals surface area contributed by atoms with Crippen molar-refractivity contribution >= 4 is 12.1 Å². The average Bonchev–Trinajstić information content (AvgIpc) is 3.02. The molecule has 17 heteroatoms. The van der Waals surface area contributed by atoms with Crippen molar-refractivity contribution in [3.63, 3.8) is 0 Å². The van der Waals surface area contributed by atoms with Gasteiger partial charge in [0.15, 0.2) is 12.9 Å². The number of carbonyl (C=O) groups is 1. The molecule has 8 N–H and O–H groups in total. The molecule has 0 aromatic carbocycles. The van der Waals surface area contributed by atoms with E-state index >= 15 is 0 Å². The van der Waals surface area contributed by atoms with Crippen LogP contribution in [0.1, 0.15) is 33.1 Å². The largest absolute Gasteiger partial charge is 0.388 e. The van der Waals surface area contributed by atoms with E-state index in [2.05, 4.69) is 17.4 Å². The minimum absolute atomic E-state index is 0.210. The zero-order valence-corrected chi connectivity index (χ0v) is 25.5.